The molecule has 1 aliphatic rings. The van der Waals surface area contributed by atoms with Gasteiger partial charge in [0, 0.05) is 11.2 Å². The van der Waals surface area contributed by atoms with Gasteiger partial charge in [0.15, 0.2) is 12.4 Å². The van der Waals surface area contributed by atoms with Crippen molar-refractivity contribution in [2.24, 2.45) is 0 Å². The Morgan fingerprint density at radius 1 is 1.14 bits per heavy atom. The van der Waals surface area contributed by atoms with E-state index in [4.69, 9.17) is 9.47 Å². The van der Waals surface area contributed by atoms with Gasteiger partial charge in [-0.15, -0.1) is 0 Å². The summed E-state index contributed by atoms with van der Waals surface area (Å²) >= 11 is 0. The van der Waals surface area contributed by atoms with E-state index in [-0.39, 0.29) is 34.6 Å². The van der Waals surface area contributed by atoms with Crippen molar-refractivity contribution in [2.45, 2.75) is 45.3 Å². The molecule has 0 saturated carbocycles. The van der Waals surface area contributed by atoms with Crippen LogP contribution < -0.4 is 14.8 Å². The number of amides is 1. The number of sulfone groups is 1. The Kier molecular flexibility index (Phi) is 6.62. The summed E-state index contributed by atoms with van der Waals surface area (Å²) in [4.78, 5) is 21.5. The first-order valence-electron chi connectivity index (χ1n) is 11.1. The molecule has 36 heavy (non-hydrogen) atoms. The number of fused-ring (bicyclic) bond motifs is 1. The lowest BCUT2D eigenvalue weighted by Crippen LogP contribution is -2.51. The quantitative estimate of drug-likeness (QED) is 0.520. The molecule has 13 heteroatoms. The number of carbonyl (C=O) groups excluding carboxylic acids is 1. The van der Waals surface area contributed by atoms with Gasteiger partial charge < -0.3 is 14.8 Å². The maximum Gasteiger partial charge on any atom is 0.422 e. The van der Waals surface area contributed by atoms with Crippen LogP contribution in [0.4, 0.5) is 13.2 Å². The van der Waals surface area contributed by atoms with Gasteiger partial charge in [0.2, 0.25) is 0 Å². The van der Waals surface area contributed by atoms with E-state index in [1.54, 1.807) is 36.6 Å². The highest BCUT2D eigenvalue weighted by atomic mass is 32.2. The van der Waals surface area contributed by atoms with E-state index in [9.17, 15) is 26.4 Å². The molecule has 3 aromatic rings. The van der Waals surface area contributed by atoms with Crippen LogP contribution in [0, 0.1) is 13.8 Å². The summed E-state index contributed by atoms with van der Waals surface area (Å²) in [6.45, 7) is 3.67. The first-order chi connectivity index (χ1) is 16.7. The number of pyridine rings is 2. The van der Waals surface area contributed by atoms with Crippen LogP contribution in [0.2, 0.25) is 0 Å². The normalized spacial score (nSPS) is 17.1. The number of aryl methyl sites for hydroxylation is 2. The van der Waals surface area contributed by atoms with Crippen molar-refractivity contribution in [3.8, 4) is 17.4 Å². The third-order valence-electron chi connectivity index (χ3n) is 5.96. The number of rotatable bonds is 6. The van der Waals surface area contributed by atoms with E-state index >= 15 is 0 Å². The maximum absolute atomic E-state index is 13.0. The molecule has 0 aromatic carbocycles. The van der Waals surface area contributed by atoms with Crippen LogP contribution in [-0.4, -0.2) is 58.5 Å². The first-order valence-corrected chi connectivity index (χ1v) is 12.9. The second kappa shape index (κ2) is 9.26. The molecule has 0 aliphatic carbocycles. The van der Waals surface area contributed by atoms with E-state index in [0.29, 0.717) is 29.9 Å². The van der Waals surface area contributed by atoms with Gasteiger partial charge in [0.1, 0.15) is 26.9 Å². The number of nitrogens with zero attached hydrogens (tertiary/aromatic N) is 3. The van der Waals surface area contributed by atoms with Crippen molar-refractivity contribution in [3.63, 3.8) is 0 Å². The fourth-order valence-electron chi connectivity index (χ4n) is 3.84. The summed E-state index contributed by atoms with van der Waals surface area (Å²) in [5, 5.41) is 2.92. The molecular formula is C23H25F3N4O5S. The molecule has 0 spiro atoms. The predicted octanol–water partition coefficient (Wildman–Crippen LogP) is 3.78. The zero-order chi connectivity index (χ0) is 26.3. The molecule has 1 amide bonds. The average molecular weight is 527 g/mol. The molecule has 9 nitrogen and oxygen atoms in total. The van der Waals surface area contributed by atoms with Gasteiger partial charge in [0.25, 0.3) is 11.8 Å². The minimum Gasteiger partial charge on any atom is -0.478 e. The summed E-state index contributed by atoms with van der Waals surface area (Å²) in [5.41, 5.74) is 0.984. The summed E-state index contributed by atoms with van der Waals surface area (Å²) in [7, 11) is -3.09. The van der Waals surface area contributed by atoms with E-state index in [1.165, 1.54) is 12.1 Å². The lowest BCUT2D eigenvalue weighted by molar-refractivity contribution is -0.153. The van der Waals surface area contributed by atoms with Crippen molar-refractivity contribution >= 4 is 21.4 Å². The lowest BCUT2D eigenvalue weighted by atomic mass is 9.94. The van der Waals surface area contributed by atoms with Crippen LogP contribution in [0.3, 0.4) is 0 Å². The lowest BCUT2D eigenvalue weighted by Gasteiger charge is -2.34. The smallest absolute Gasteiger partial charge is 0.422 e. The number of halogens is 3. The number of aromatic nitrogens is 3. The molecule has 1 N–H and O–H groups in total. The predicted molar refractivity (Wildman–Crippen MR) is 124 cm³/mol. The Morgan fingerprint density at radius 2 is 1.83 bits per heavy atom. The van der Waals surface area contributed by atoms with Gasteiger partial charge in [-0.25, -0.2) is 18.4 Å². The Morgan fingerprint density at radius 3 is 2.50 bits per heavy atom. The van der Waals surface area contributed by atoms with E-state index < -0.39 is 34.1 Å². The molecule has 0 atom stereocenters. The van der Waals surface area contributed by atoms with E-state index in [0.717, 1.165) is 0 Å². The molecule has 0 unspecified atom stereocenters. The second-order valence-corrected chi connectivity index (χ2v) is 11.4. The third kappa shape index (κ3) is 5.89. The highest BCUT2D eigenvalue weighted by Crippen LogP contribution is 2.32. The highest BCUT2D eigenvalue weighted by molar-refractivity contribution is 7.91. The van der Waals surface area contributed by atoms with Crippen LogP contribution in [0.25, 0.3) is 5.65 Å². The van der Waals surface area contributed by atoms with Crippen LogP contribution in [-0.2, 0) is 9.84 Å². The van der Waals surface area contributed by atoms with Crippen molar-refractivity contribution in [3.05, 3.63) is 47.5 Å². The summed E-state index contributed by atoms with van der Waals surface area (Å²) in [5.74, 6) is -0.456. The Labute approximate surface area is 205 Å². The van der Waals surface area contributed by atoms with Crippen LogP contribution in [0.1, 0.15) is 41.6 Å². The second-order valence-electron chi connectivity index (χ2n) is 9.07. The van der Waals surface area contributed by atoms with Crippen molar-refractivity contribution < 1.29 is 35.9 Å². The topological polar surface area (TPSA) is 112 Å². The fraction of sp³-hybridized carbons (Fsp3) is 0.435. The van der Waals surface area contributed by atoms with Crippen molar-refractivity contribution in [1.29, 1.82) is 0 Å². The highest BCUT2D eigenvalue weighted by Gasteiger charge is 2.35. The summed E-state index contributed by atoms with van der Waals surface area (Å²) in [6, 6.07) is 6.01. The van der Waals surface area contributed by atoms with Crippen LogP contribution in [0.5, 0.6) is 17.4 Å². The largest absolute Gasteiger partial charge is 0.478 e. The minimum absolute atomic E-state index is 0.0102. The molecule has 0 radical (unpaired) electrons. The minimum atomic E-state index is -4.52. The molecule has 194 valence electrons. The zero-order valence-corrected chi connectivity index (χ0v) is 20.7. The molecule has 4 rings (SSSR count). The van der Waals surface area contributed by atoms with Gasteiger partial charge in [-0.05, 0) is 57.9 Å². The van der Waals surface area contributed by atoms with Gasteiger partial charge in [-0.1, -0.05) is 0 Å². The van der Waals surface area contributed by atoms with Crippen molar-refractivity contribution in [1.82, 2.24) is 19.7 Å². The number of imidazole rings is 1. The van der Waals surface area contributed by atoms with Gasteiger partial charge in [-0.2, -0.15) is 13.2 Å². The Balaban J connectivity index is 1.56. The SMILES string of the molecule is Cc1ccc(OCC(F)(F)F)c(Oc2ccc3nc(C(=O)NC4(C)CCS(=O)(=O)CC4)c(C)n3c2)n1. The third-order valence-corrected chi connectivity index (χ3v) is 7.61. The molecule has 1 aliphatic heterocycles. The number of carbonyl (C=O) groups is 1. The summed E-state index contributed by atoms with van der Waals surface area (Å²) in [6.07, 6.45) is -2.35. The molecule has 1 saturated heterocycles. The van der Waals surface area contributed by atoms with Crippen LogP contribution >= 0.6 is 0 Å². The van der Waals surface area contributed by atoms with Gasteiger partial charge in [0.05, 0.1) is 23.4 Å². The Hall–Kier alpha value is -3.35. The van der Waals surface area contributed by atoms with Crippen molar-refractivity contribution in [2.75, 3.05) is 18.1 Å². The van der Waals surface area contributed by atoms with E-state index in [2.05, 4.69) is 15.3 Å². The number of ether oxygens (including phenoxy) is 2. The fourth-order valence-corrected chi connectivity index (χ4v) is 5.57. The first kappa shape index (κ1) is 25.7. The number of alkyl halides is 3. The van der Waals surface area contributed by atoms with Gasteiger partial charge >= 0.3 is 6.18 Å². The monoisotopic (exact) mass is 526 g/mol. The Bertz CT molecular complexity index is 1410. The molecule has 4 heterocycles. The zero-order valence-electron chi connectivity index (χ0n) is 19.8. The molecule has 1 fully saturated rings. The number of nitrogens with one attached hydrogen (secondary N) is 1. The molecule has 0 bridgehead atoms. The molecule has 3 aromatic heterocycles. The average Bonchev–Trinajstić information content (AvgIpc) is 3.11. The standard InChI is InChI=1S/C23H25F3N4O5S/c1-14-4-6-17(34-13-23(24,25)26)21(27-14)35-16-5-7-18-28-19(15(2)30(18)12-16)20(31)29-22(3)8-10-36(32,33)11-9-22/h4-7,12H,8-11,13H2,1-3H3,(H,29,31). The summed E-state index contributed by atoms with van der Waals surface area (Å²) < 4.78 is 73.5. The van der Waals surface area contributed by atoms with Crippen LogP contribution in [0.15, 0.2) is 30.5 Å². The van der Waals surface area contributed by atoms with E-state index in [1.807, 2.05) is 6.92 Å². The number of hydrogen-bond donors (Lipinski definition) is 1. The van der Waals surface area contributed by atoms with Gasteiger partial charge in [-0.3, -0.25) is 9.20 Å². The maximum atomic E-state index is 13.0. The molecular weight excluding hydrogens is 501 g/mol. The number of hydrogen-bond acceptors (Lipinski definition) is 7.